The molecule has 0 aromatic carbocycles. The van der Waals surface area contributed by atoms with Crippen molar-refractivity contribution in [1.29, 1.82) is 0 Å². The van der Waals surface area contributed by atoms with E-state index in [-0.39, 0.29) is 10.8 Å². The molecular weight excluding hydrogens is 224 g/mol. The Hall–Kier alpha value is -1.38. The summed E-state index contributed by atoms with van der Waals surface area (Å²) in [4.78, 5) is 4.59. The van der Waals surface area contributed by atoms with Crippen LogP contribution in [0.5, 0.6) is 0 Å². The highest BCUT2D eigenvalue weighted by molar-refractivity contribution is 5.70. The molecule has 2 heterocycles. The minimum absolute atomic E-state index is 0.0477. The van der Waals surface area contributed by atoms with Gasteiger partial charge in [-0.05, 0) is 0 Å². The SMILES string of the molecule is CC(C)(C)C[n+]1ccc2oc(C(C)(C)C)nc2c1. The van der Waals surface area contributed by atoms with Crippen molar-refractivity contribution in [3.8, 4) is 0 Å². The van der Waals surface area contributed by atoms with Gasteiger partial charge in [0.05, 0.1) is 0 Å². The minimum atomic E-state index is -0.0477. The van der Waals surface area contributed by atoms with E-state index in [0.29, 0.717) is 0 Å². The average Bonchev–Trinajstić information content (AvgIpc) is 2.57. The number of aromatic nitrogens is 2. The molecule has 0 saturated heterocycles. The number of nitrogens with zero attached hydrogens (tertiary/aromatic N) is 2. The van der Waals surface area contributed by atoms with Gasteiger partial charge in [0.2, 0.25) is 5.89 Å². The molecule has 0 aliphatic carbocycles. The largest absolute Gasteiger partial charge is 0.440 e. The Balaban J connectivity index is 2.40. The summed E-state index contributed by atoms with van der Waals surface area (Å²) in [7, 11) is 0. The first-order valence-corrected chi connectivity index (χ1v) is 6.45. The molecule has 0 bridgehead atoms. The van der Waals surface area contributed by atoms with Gasteiger partial charge in [-0.1, -0.05) is 41.5 Å². The van der Waals surface area contributed by atoms with E-state index < -0.39 is 0 Å². The van der Waals surface area contributed by atoms with Crippen molar-refractivity contribution < 1.29 is 8.98 Å². The molecule has 3 nitrogen and oxygen atoms in total. The third kappa shape index (κ3) is 2.89. The molecule has 2 rings (SSSR count). The van der Waals surface area contributed by atoms with Crippen molar-refractivity contribution in [3.63, 3.8) is 0 Å². The number of fused-ring (bicyclic) bond motifs is 1. The van der Waals surface area contributed by atoms with Crippen molar-refractivity contribution in [2.45, 2.75) is 53.5 Å². The molecule has 0 N–H and O–H groups in total. The molecule has 0 fully saturated rings. The zero-order valence-electron chi connectivity index (χ0n) is 12.2. The maximum atomic E-state index is 5.79. The van der Waals surface area contributed by atoms with Gasteiger partial charge in [-0.25, -0.2) is 9.55 Å². The van der Waals surface area contributed by atoms with Crippen LogP contribution in [0.15, 0.2) is 22.9 Å². The van der Waals surface area contributed by atoms with E-state index in [0.717, 1.165) is 23.5 Å². The molecule has 0 spiro atoms. The lowest BCUT2D eigenvalue weighted by molar-refractivity contribution is -0.707. The monoisotopic (exact) mass is 247 g/mol. The number of hydrogen-bond acceptors (Lipinski definition) is 2. The summed E-state index contributed by atoms with van der Waals surface area (Å²) in [6.45, 7) is 14.0. The Labute approximate surface area is 109 Å². The third-order valence-corrected chi connectivity index (χ3v) is 2.69. The molecule has 0 radical (unpaired) electrons. The molecule has 2 aromatic heterocycles. The third-order valence-electron chi connectivity index (χ3n) is 2.69. The van der Waals surface area contributed by atoms with Crippen LogP contribution < -0.4 is 4.57 Å². The van der Waals surface area contributed by atoms with Crippen molar-refractivity contribution in [2.24, 2.45) is 5.41 Å². The second kappa shape index (κ2) is 4.08. The summed E-state index contributed by atoms with van der Waals surface area (Å²) in [5.41, 5.74) is 2.01. The highest BCUT2D eigenvalue weighted by Gasteiger charge is 2.23. The van der Waals surface area contributed by atoms with Gasteiger partial charge in [-0.15, -0.1) is 0 Å². The predicted octanol–water partition coefficient (Wildman–Crippen LogP) is 3.46. The lowest BCUT2D eigenvalue weighted by Crippen LogP contribution is -2.39. The zero-order valence-corrected chi connectivity index (χ0v) is 12.2. The molecule has 0 unspecified atom stereocenters. The molecule has 0 aliphatic rings. The summed E-state index contributed by atoms with van der Waals surface area (Å²) < 4.78 is 7.97. The quantitative estimate of drug-likeness (QED) is 0.722. The molecular formula is C15H23N2O+. The van der Waals surface area contributed by atoms with Gasteiger partial charge in [0, 0.05) is 16.9 Å². The Morgan fingerprint density at radius 3 is 2.39 bits per heavy atom. The highest BCUT2D eigenvalue weighted by atomic mass is 16.3. The molecule has 0 aliphatic heterocycles. The Bertz CT molecular complexity index is 556. The fourth-order valence-corrected chi connectivity index (χ4v) is 1.89. The molecule has 3 heteroatoms. The molecule has 0 saturated carbocycles. The first-order chi connectivity index (χ1) is 8.15. The van der Waals surface area contributed by atoms with Gasteiger partial charge in [0.15, 0.2) is 30.0 Å². The van der Waals surface area contributed by atoms with Crippen LogP contribution in [0.2, 0.25) is 0 Å². The van der Waals surface area contributed by atoms with Crippen LogP contribution in [0, 0.1) is 5.41 Å². The molecule has 0 atom stereocenters. The molecule has 18 heavy (non-hydrogen) atoms. The summed E-state index contributed by atoms with van der Waals surface area (Å²) in [5, 5.41) is 0. The van der Waals surface area contributed by atoms with Gasteiger partial charge in [0.25, 0.3) is 0 Å². The van der Waals surface area contributed by atoms with E-state index in [2.05, 4.69) is 63.5 Å². The van der Waals surface area contributed by atoms with Gasteiger partial charge in [-0.3, -0.25) is 0 Å². The smallest absolute Gasteiger partial charge is 0.201 e. The first-order valence-electron chi connectivity index (χ1n) is 6.45. The number of rotatable bonds is 1. The first kappa shape index (κ1) is 13.1. The van der Waals surface area contributed by atoms with Crippen LogP contribution >= 0.6 is 0 Å². The average molecular weight is 247 g/mol. The zero-order chi connectivity index (χ0) is 13.6. The van der Waals surface area contributed by atoms with Crippen molar-refractivity contribution >= 4 is 11.1 Å². The van der Waals surface area contributed by atoms with Crippen LogP contribution in [0.4, 0.5) is 0 Å². The van der Waals surface area contributed by atoms with Gasteiger partial charge >= 0.3 is 0 Å². The maximum absolute atomic E-state index is 5.79. The number of pyridine rings is 1. The lowest BCUT2D eigenvalue weighted by Gasteiger charge is -2.12. The Morgan fingerprint density at radius 1 is 1.17 bits per heavy atom. The maximum Gasteiger partial charge on any atom is 0.201 e. The van der Waals surface area contributed by atoms with E-state index in [9.17, 15) is 0 Å². The van der Waals surface area contributed by atoms with Crippen LogP contribution in [-0.4, -0.2) is 4.98 Å². The van der Waals surface area contributed by atoms with E-state index in [1.165, 1.54) is 0 Å². The van der Waals surface area contributed by atoms with Gasteiger partial charge in [-0.2, -0.15) is 0 Å². The van der Waals surface area contributed by atoms with Crippen LogP contribution in [0.3, 0.4) is 0 Å². The van der Waals surface area contributed by atoms with E-state index >= 15 is 0 Å². The van der Waals surface area contributed by atoms with Crippen LogP contribution in [0.1, 0.15) is 47.4 Å². The van der Waals surface area contributed by atoms with Crippen molar-refractivity contribution in [2.75, 3.05) is 0 Å². The predicted molar refractivity (Wildman–Crippen MR) is 72.4 cm³/mol. The molecule has 0 amide bonds. The van der Waals surface area contributed by atoms with Crippen molar-refractivity contribution in [3.05, 3.63) is 24.4 Å². The summed E-state index contributed by atoms with van der Waals surface area (Å²) in [6.07, 6.45) is 4.13. The van der Waals surface area contributed by atoms with Crippen LogP contribution in [0.25, 0.3) is 11.1 Å². The summed E-state index contributed by atoms with van der Waals surface area (Å²) in [6, 6.07) is 2.00. The highest BCUT2D eigenvalue weighted by Crippen LogP contribution is 2.25. The van der Waals surface area contributed by atoms with Crippen LogP contribution in [-0.2, 0) is 12.0 Å². The normalized spacial score (nSPS) is 13.2. The Kier molecular flexibility index (Phi) is 2.96. The summed E-state index contributed by atoms with van der Waals surface area (Å²) >= 11 is 0. The Morgan fingerprint density at radius 2 is 1.83 bits per heavy atom. The van der Waals surface area contributed by atoms with Crippen molar-refractivity contribution in [1.82, 2.24) is 4.98 Å². The van der Waals surface area contributed by atoms with E-state index in [1.807, 2.05) is 6.07 Å². The summed E-state index contributed by atoms with van der Waals surface area (Å²) in [5.74, 6) is 0.797. The second-order valence-electron chi connectivity index (χ2n) is 7.20. The lowest BCUT2D eigenvalue weighted by atomic mass is 9.97. The second-order valence-corrected chi connectivity index (χ2v) is 7.20. The molecule has 98 valence electrons. The minimum Gasteiger partial charge on any atom is -0.440 e. The fourth-order valence-electron chi connectivity index (χ4n) is 1.89. The van der Waals surface area contributed by atoms with E-state index in [4.69, 9.17) is 4.42 Å². The standard InChI is InChI=1S/C15H23N2O/c1-14(2,3)10-17-8-7-12-11(9-17)16-13(18-12)15(4,5)6/h7-9H,10H2,1-6H3/q+1. The van der Waals surface area contributed by atoms with Gasteiger partial charge in [0.1, 0.15) is 0 Å². The number of oxazole rings is 1. The van der Waals surface area contributed by atoms with Gasteiger partial charge < -0.3 is 4.42 Å². The molecule has 2 aromatic rings. The fraction of sp³-hybridized carbons (Fsp3) is 0.600. The topological polar surface area (TPSA) is 29.9 Å². The van der Waals surface area contributed by atoms with E-state index in [1.54, 1.807) is 0 Å². The number of hydrogen-bond donors (Lipinski definition) is 0.